The van der Waals surface area contributed by atoms with Crippen LogP contribution in [0.15, 0.2) is 83.9 Å². The first-order valence-electron chi connectivity index (χ1n) is 10.8. The molecule has 6 rings (SSSR count). The quantitative estimate of drug-likeness (QED) is 0.334. The highest BCUT2D eigenvalue weighted by Crippen LogP contribution is 2.45. The molecular formula is C30H24. The van der Waals surface area contributed by atoms with E-state index in [1.54, 1.807) is 0 Å². The van der Waals surface area contributed by atoms with E-state index in [-0.39, 0.29) is 0 Å². The highest BCUT2D eigenvalue weighted by Gasteiger charge is 2.25. The van der Waals surface area contributed by atoms with Crippen molar-refractivity contribution in [2.75, 3.05) is 0 Å². The molecule has 0 unspecified atom stereocenters. The molecule has 0 heteroatoms. The molecule has 0 bridgehead atoms. The molecule has 0 nitrogen and oxygen atoms in total. The van der Waals surface area contributed by atoms with Crippen LogP contribution in [-0.4, -0.2) is 0 Å². The van der Waals surface area contributed by atoms with Crippen LogP contribution >= 0.6 is 0 Å². The minimum atomic E-state index is 1.08. The van der Waals surface area contributed by atoms with Crippen LogP contribution in [0.25, 0.3) is 32.7 Å². The SMILES string of the molecule is CC1=C(CCC2=C(C)[CH]c3ccc4ccccc4c32)c2c(ccc3ccccc23)[CH]1. The Labute approximate surface area is 178 Å². The molecule has 0 N–H and O–H groups in total. The van der Waals surface area contributed by atoms with Gasteiger partial charge in [0.25, 0.3) is 0 Å². The van der Waals surface area contributed by atoms with E-state index in [9.17, 15) is 0 Å². The second kappa shape index (κ2) is 6.71. The predicted octanol–water partition coefficient (Wildman–Crippen LogP) is 8.15. The molecule has 0 spiro atoms. The van der Waals surface area contributed by atoms with E-state index in [0.29, 0.717) is 0 Å². The van der Waals surface area contributed by atoms with Gasteiger partial charge in [-0.2, -0.15) is 0 Å². The van der Waals surface area contributed by atoms with E-state index in [1.165, 1.54) is 66.1 Å². The van der Waals surface area contributed by atoms with Crippen molar-refractivity contribution in [3.05, 3.63) is 119 Å². The summed E-state index contributed by atoms with van der Waals surface area (Å²) in [5.41, 5.74) is 11.5. The van der Waals surface area contributed by atoms with Crippen LogP contribution in [0.3, 0.4) is 0 Å². The summed E-state index contributed by atoms with van der Waals surface area (Å²) >= 11 is 0. The topological polar surface area (TPSA) is 0 Å². The lowest BCUT2D eigenvalue weighted by atomic mass is 9.90. The first-order chi connectivity index (χ1) is 14.7. The summed E-state index contributed by atoms with van der Waals surface area (Å²) in [4.78, 5) is 0. The number of benzene rings is 4. The van der Waals surface area contributed by atoms with Crippen molar-refractivity contribution >= 4 is 32.7 Å². The van der Waals surface area contributed by atoms with Crippen molar-refractivity contribution in [1.29, 1.82) is 0 Å². The third-order valence-electron chi connectivity index (χ3n) is 6.85. The van der Waals surface area contributed by atoms with Gasteiger partial charge in [-0.3, -0.25) is 0 Å². The molecule has 0 fully saturated rings. The van der Waals surface area contributed by atoms with Crippen molar-refractivity contribution in [2.45, 2.75) is 26.7 Å². The van der Waals surface area contributed by atoms with E-state index < -0.39 is 0 Å². The second-order valence-electron chi connectivity index (χ2n) is 8.61. The van der Waals surface area contributed by atoms with Crippen LogP contribution in [0.5, 0.6) is 0 Å². The standard InChI is InChI=1S/C30H24/c1-19-17-23-13-11-21-7-3-5-9-27(21)29(23)25(19)15-16-26-20(2)18-24-14-12-22-8-4-6-10-28(22)30(24)26/h3-14,17-18H,15-16H2,1-2H3. The fourth-order valence-electron chi connectivity index (χ4n) is 5.42. The number of rotatable bonds is 3. The lowest BCUT2D eigenvalue weighted by molar-refractivity contribution is 1.08. The maximum absolute atomic E-state index is 2.36. The molecule has 2 aliphatic carbocycles. The average Bonchev–Trinajstić information content (AvgIpc) is 3.27. The van der Waals surface area contributed by atoms with Crippen molar-refractivity contribution in [3.8, 4) is 0 Å². The van der Waals surface area contributed by atoms with Gasteiger partial charge in [0.1, 0.15) is 0 Å². The molecule has 0 saturated heterocycles. The van der Waals surface area contributed by atoms with Gasteiger partial charge in [0.2, 0.25) is 0 Å². The number of allylic oxidation sites excluding steroid dienone is 4. The largest absolute Gasteiger partial charge is 0.0616 e. The van der Waals surface area contributed by atoms with Gasteiger partial charge in [0, 0.05) is 12.8 Å². The van der Waals surface area contributed by atoms with Crippen LogP contribution in [0.4, 0.5) is 0 Å². The van der Waals surface area contributed by atoms with Gasteiger partial charge < -0.3 is 0 Å². The summed E-state index contributed by atoms with van der Waals surface area (Å²) in [6.07, 6.45) is 6.88. The van der Waals surface area contributed by atoms with Gasteiger partial charge in [-0.05, 0) is 81.6 Å². The number of fused-ring (bicyclic) bond motifs is 6. The second-order valence-corrected chi connectivity index (χ2v) is 8.61. The minimum Gasteiger partial charge on any atom is -0.0616 e. The molecule has 0 amide bonds. The molecule has 2 radical (unpaired) electrons. The minimum absolute atomic E-state index is 1.08. The third-order valence-corrected chi connectivity index (χ3v) is 6.85. The molecule has 4 aromatic carbocycles. The maximum atomic E-state index is 2.36. The summed E-state index contributed by atoms with van der Waals surface area (Å²) in [6, 6.07) is 26.7. The molecule has 0 aromatic heterocycles. The van der Waals surface area contributed by atoms with Crippen LogP contribution in [0.1, 0.15) is 48.9 Å². The Hall–Kier alpha value is -3.12. The van der Waals surface area contributed by atoms with Gasteiger partial charge in [-0.1, -0.05) is 83.9 Å². The Morgan fingerprint density at radius 1 is 0.500 bits per heavy atom. The summed E-state index contributed by atoms with van der Waals surface area (Å²) in [5.74, 6) is 0. The van der Waals surface area contributed by atoms with Gasteiger partial charge in [0.15, 0.2) is 0 Å². The zero-order chi connectivity index (χ0) is 20.2. The maximum Gasteiger partial charge on any atom is 0.0164 e. The Morgan fingerprint density at radius 3 is 1.40 bits per heavy atom. The number of hydrogen-bond donors (Lipinski definition) is 0. The molecule has 30 heavy (non-hydrogen) atoms. The van der Waals surface area contributed by atoms with E-state index in [0.717, 1.165) is 12.8 Å². The summed E-state index contributed by atoms with van der Waals surface area (Å²) in [7, 11) is 0. The first kappa shape index (κ1) is 17.7. The van der Waals surface area contributed by atoms with E-state index >= 15 is 0 Å². The lowest BCUT2D eigenvalue weighted by Crippen LogP contribution is -1.92. The van der Waals surface area contributed by atoms with Crippen LogP contribution in [-0.2, 0) is 0 Å². The van der Waals surface area contributed by atoms with Gasteiger partial charge in [-0.15, -0.1) is 0 Å². The van der Waals surface area contributed by atoms with Crippen LogP contribution < -0.4 is 0 Å². The third kappa shape index (κ3) is 2.60. The highest BCUT2D eigenvalue weighted by molar-refractivity contribution is 6.01. The Kier molecular flexibility index (Phi) is 3.96. The van der Waals surface area contributed by atoms with Crippen molar-refractivity contribution in [2.24, 2.45) is 0 Å². The average molecular weight is 385 g/mol. The highest BCUT2D eigenvalue weighted by atomic mass is 14.3. The molecular weight excluding hydrogens is 360 g/mol. The molecule has 2 aliphatic rings. The Bertz CT molecular complexity index is 1290. The van der Waals surface area contributed by atoms with Gasteiger partial charge in [-0.25, -0.2) is 0 Å². The van der Waals surface area contributed by atoms with Crippen LogP contribution in [0, 0.1) is 12.8 Å². The fraction of sp³-hybridized carbons (Fsp3) is 0.133. The van der Waals surface area contributed by atoms with Crippen molar-refractivity contribution < 1.29 is 0 Å². The van der Waals surface area contributed by atoms with E-state index in [1.807, 2.05) is 0 Å². The molecule has 4 aromatic rings. The van der Waals surface area contributed by atoms with Gasteiger partial charge in [0.05, 0.1) is 0 Å². The monoisotopic (exact) mass is 384 g/mol. The van der Waals surface area contributed by atoms with E-state index in [2.05, 4.69) is 99.5 Å². The smallest absolute Gasteiger partial charge is 0.0164 e. The fourth-order valence-corrected chi connectivity index (χ4v) is 5.42. The Balaban J connectivity index is 1.40. The molecule has 144 valence electrons. The number of hydrogen-bond acceptors (Lipinski definition) is 0. The predicted molar refractivity (Wildman–Crippen MR) is 129 cm³/mol. The normalized spacial score (nSPS) is 15.4. The molecule has 0 heterocycles. The van der Waals surface area contributed by atoms with Crippen molar-refractivity contribution in [3.63, 3.8) is 0 Å². The van der Waals surface area contributed by atoms with E-state index in [4.69, 9.17) is 0 Å². The summed E-state index contributed by atoms with van der Waals surface area (Å²) in [6.45, 7) is 4.55. The molecule has 0 aliphatic heterocycles. The van der Waals surface area contributed by atoms with Crippen molar-refractivity contribution in [1.82, 2.24) is 0 Å². The Morgan fingerprint density at radius 2 is 0.933 bits per heavy atom. The lowest BCUT2D eigenvalue weighted by Gasteiger charge is -2.14. The molecule has 0 atom stereocenters. The summed E-state index contributed by atoms with van der Waals surface area (Å²) in [5, 5.41) is 5.43. The first-order valence-corrected chi connectivity index (χ1v) is 10.8. The molecule has 0 saturated carbocycles. The summed E-state index contributed by atoms with van der Waals surface area (Å²) < 4.78 is 0. The van der Waals surface area contributed by atoms with Gasteiger partial charge >= 0.3 is 0 Å². The zero-order valence-electron chi connectivity index (χ0n) is 17.5. The van der Waals surface area contributed by atoms with Crippen LogP contribution in [0.2, 0.25) is 0 Å². The zero-order valence-corrected chi connectivity index (χ0v) is 17.5.